The average Bonchev–Trinajstić information content (AvgIpc) is 3.17. The summed E-state index contributed by atoms with van der Waals surface area (Å²) in [6.07, 6.45) is 2.79. The zero-order valence-corrected chi connectivity index (χ0v) is 16.2. The van der Waals surface area contributed by atoms with Crippen molar-refractivity contribution in [3.8, 4) is 0 Å². The van der Waals surface area contributed by atoms with Gasteiger partial charge in [0.2, 0.25) is 5.91 Å². The number of halogens is 1. The first-order chi connectivity index (χ1) is 12.2. The zero-order chi connectivity index (χ0) is 17.6. The summed E-state index contributed by atoms with van der Waals surface area (Å²) in [5.74, 6) is 0.0151. The average molecular weight is 381 g/mol. The van der Waals surface area contributed by atoms with Crippen LogP contribution in [0.15, 0.2) is 24.3 Å². The molecule has 6 nitrogen and oxygen atoms in total. The van der Waals surface area contributed by atoms with E-state index in [-0.39, 0.29) is 36.9 Å². The van der Waals surface area contributed by atoms with Crippen LogP contribution in [0.25, 0.3) is 0 Å². The van der Waals surface area contributed by atoms with Crippen LogP contribution in [0.2, 0.25) is 0 Å². The molecule has 26 heavy (non-hydrogen) atoms. The van der Waals surface area contributed by atoms with Gasteiger partial charge in [0.25, 0.3) is 0 Å². The number of urea groups is 1. The van der Waals surface area contributed by atoms with Gasteiger partial charge in [0, 0.05) is 32.2 Å². The molecule has 1 saturated heterocycles. The molecule has 0 aromatic heterocycles. The first-order valence-electron chi connectivity index (χ1n) is 9.28. The summed E-state index contributed by atoms with van der Waals surface area (Å²) in [4.78, 5) is 28.7. The molecule has 2 heterocycles. The molecule has 144 valence electrons. The fraction of sp³-hybridized carbons (Fsp3) is 0.579. The van der Waals surface area contributed by atoms with Crippen LogP contribution in [0.5, 0.6) is 0 Å². The Bertz CT molecular complexity index is 619. The van der Waals surface area contributed by atoms with E-state index in [9.17, 15) is 9.59 Å². The molecule has 2 aliphatic heterocycles. The van der Waals surface area contributed by atoms with E-state index in [4.69, 9.17) is 0 Å². The number of carbonyl (C=O) groups excluding carboxylic acids is 2. The number of benzene rings is 1. The highest BCUT2D eigenvalue weighted by atomic mass is 35.5. The van der Waals surface area contributed by atoms with Crippen molar-refractivity contribution in [3.05, 3.63) is 35.4 Å². The molecule has 1 fully saturated rings. The highest BCUT2D eigenvalue weighted by molar-refractivity contribution is 5.85. The molecule has 3 rings (SSSR count). The van der Waals surface area contributed by atoms with Gasteiger partial charge in [0.15, 0.2) is 0 Å². The van der Waals surface area contributed by atoms with Crippen molar-refractivity contribution in [2.45, 2.75) is 38.8 Å². The maximum Gasteiger partial charge on any atom is 0.318 e. The summed E-state index contributed by atoms with van der Waals surface area (Å²) in [6.45, 7) is 6.02. The van der Waals surface area contributed by atoms with E-state index in [0.717, 1.165) is 38.9 Å². The van der Waals surface area contributed by atoms with E-state index in [2.05, 4.69) is 29.7 Å². The normalized spacial score (nSPS) is 18.7. The molecule has 2 N–H and O–H groups in total. The highest BCUT2D eigenvalue weighted by Gasteiger charge is 2.27. The van der Waals surface area contributed by atoms with E-state index in [1.807, 2.05) is 17.0 Å². The summed E-state index contributed by atoms with van der Waals surface area (Å²) in [6, 6.07) is 8.33. The number of nitrogens with one attached hydrogen (secondary N) is 2. The van der Waals surface area contributed by atoms with Crippen LogP contribution in [-0.2, 0) is 17.8 Å². The minimum atomic E-state index is -0.149. The van der Waals surface area contributed by atoms with Crippen LogP contribution in [0.3, 0.4) is 0 Å². The monoisotopic (exact) mass is 380 g/mol. The Kier molecular flexibility index (Phi) is 7.72. The molecule has 0 saturated carbocycles. The lowest BCUT2D eigenvalue weighted by Crippen LogP contribution is -2.49. The second kappa shape index (κ2) is 9.78. The van der Waals surface area contributed by atoms with Crippen LogP contribution >= 0.6 is 12.4 Å². The van der Waals surface area contributed by atoms with E-state index >= 15 is 0 Å². The number of amides is 3. The van der Waals surface area contributed by atoms with Gasteiger partial charge in [-0.3, -0.25) is 4.79 Å². The minimum absolute atomic E-state index is 0. The Morgan fingerprint density at radius 2 is 2.08 bits per heavy atom. The molecule has 0 aliphatic carbocycles. The number of hydrogen-bond donors (Lipinski definition) is 2. The van der Waals surface area contributed by atoms with Gasteiger partial charge >= 0.3 is 6.03 Å². The van der Waals surface area contributed by atoms with Crippen molar-refractivity contribution in [1.29, 1.82) is 0 Å². The number of nitrogens with zero attached hydrogens (tertiary/aromatic N) is 2. The van der Waals surface area contributed by atoms with Crippen molar-refractivity contribution in [1.82, 2.24) is 20.4 Å². The van der Waals surface area contributed by atoms with Crippen molar-refractivity contribution in [2.75, 3.05) is 32.7 Å². The fourth-order valence-corrected chi connectivity index (χ4v) is 3.69. The van der Waals surface area contributed by atoms with Crippen molar-refractivity contribution >= 4 is 24.3 Å². The van der Waals surface area contributed by atoms with Crippen LogP contribution < -0.4 is 10.6 Å². The predicted octanol–water partition coefficient (Wildman–Crippen LogP) is 1.78. The summed E-state index contributed by atoms with van der Waals surface area (Å²) < 4.78 is 0. The molecule has 1 aromatic carbocycles. The van der Waals surface area contributed by atoms with E-state index in [0.29, 0.717) is 13.1 Å². The molecule has 0 spiro atoms. The summed E-state index contributed by atoms with van der Waals surface area (Å²) in [5.41, 5.74) is 2.50. The predicted molar refractivity (Wildman–Crippen MR) is 104 cm³/mol. The molecular weight excluding hydrogens is 352 g/mol. The second-order valence-electron chi connectivity index (χ2n) is 6.83. The molecule has 1 atom stereocenters. The van der Waals surface area contributed by atoms with Crippen molar-refractivity contribution in [2.24, 2.45) is 0 Å². The third-order valence-corrected chi connectivity index (χ3v) is 5.07. The first kappa shape index (κ1) is 20.5. The van der Waals surface area contributed by atoms with Crippen molar-refractivity contribution < 1.29 is 9.59 Å². The van der Waals surface area contributed by atoms with Gasteiger partial charge in [-0.05, 0) is 36.9 Å². The van der Waals surface area contributed by atoms with Crippen LogP contribution in [0, 0.1) is 0 Å². The number of fused-ring (bicyclic) bond motifs is 1. The number of hydrogen-bond acceptors (Lipinski definition) is 3. The van der Waals surface area contributed by atoms with Crippen LogP contribution in [-0.4, -0.2) is 60.5 Å². The van der Waals surface area contributed by atoms with E-state index in [1.54, 1.807) is 4.90 Å². The quantitative estimate of drug-likeness (QED) is 0.818. The van der Waals surface area contributed by atoms with Gasteiger partial charge in [-0.2, -0.15) is 0 Å². The van der Waals surface area contributed by atoms with Gasteiger partial charge in [-0.25, -0.2) is 4.79 Å². The lowest BCUT2D eigenvalue weighted by molar-refractivity contribution is -0.132. The Morgan fingerprint density at radius 3 is 2.77 bits per heavy atom. The Morgan fingerprint density at radius 1 is 1.31 bits per heavy atom. The molecule has 7 heteroatoms. The standard InChI is InChI=1S/C19H28N4O2.ClH/c1-2-10-23(17-7-9-20-12-17)18(24)13-21-19(25)22-11-8-15-5-3-4-6-16(15)14-22;/h3-6,17,20H,2,7-14H2,1H3,(H,21,25);1H. The summed E-state index contributed by atoms with van der Waals surface area (Å²) in [7, 11) is 0. The molecule has 1 aromatic rings. The van der Waals surface area contributed by atoms with Gasteiger partial charge in [0.1, 0.15) is 0 Å². The van der Waals surface area contributed by atoms with Gasteiger partial charge in [0.05, 0.1) is 6.54 Å². The molecule has 0 radical (unpaired) electrons. The maximum absolute atomic E-state index is 12.6. The van der Waals surface area contributed by atoms with Crippen LogP contribution in [0.1, 0.15) is 30.9 Å². The molecule has 2 aliphatic rings. The second-order valence-corrected chi connectivity index (χ2v) is 6.83. The summed E-state index contributed by atoms with van der Waals surface area (Å²) in [5, 5.41) is 6.12. The minimum Gasteiger partial charge on any atom is -0.337 e. The Labute approximate surface area is 161 Å². The lowest BCUT2D eigenvalue weighted by Gasteiger charge is -2.31. The number of rotatable bonds is 5. The molecule has 1 unspecified atom stereocenters. The largest absolute Gasteiger partial charge is 0.337 e. The highest BCUT2D eigenvalue weighted by Crippen LogP contribution is 2.18. The smallest absolute Gasteiger partial charge is 0.318 e. The topological polar surface area (TPSA) is 64.7 Å². The first-order valence-corrected chi connectivity index (χ1v) is 9.28. The maximum atomic E-state index is 12.6. The van der Waals surface area contributed by atoms with Crippen molar-refractivity contribution in [3.63, 3.8) is 0 Å². The van der Waals surface area contributed by atoms with Gasteiger partial charge in [-0.15, -0.1) is 12.4 Å². The SMILES string of the molecule is CCCN(C(=O)CNC(=O)N1CCc2ccccc2C1)C1CCNC1.Cl. The van der Waals surface area contributed by atoms with E-state index < -0.39 is 0 Å². The molecule has 0 bridgehead atoms. The Balaban J connectivity index is 0.00000243. The summed E-state index contributed by atoms with van der Waals surface area (Å²) >= 11 is 0. The molecular formula is C19H29ClN4O2. The zero-order valence-electron chi connectivity index (χ0n) is 15.4. The Hall–Kier alpha value is -1.79. The van der Waals surface area contributed by atoms with Gasteiger partial charge in [-0.1, -0.05) is 31.2 Å². The molecule has 3 amide bonds. The van der Waals surface area contributed by atoms with Crippen LogP contribution in [0.4, 0.5) is 4.79 Å². The van der Waals surface area contributed by atoms with Gasteiger partial charge < -0.3 is 20.4 Å². The fourth-order valence-electron chi connectivity index (χ4n) is 3.69. The lowest BCUT2D eigenvalue weighted by atomic mass is 10.0. The third kappa shape index (κ3) is 4.89. The third-order valence-electron chi connectivity index (χ3n) is 5.07. The number of carbonyl (C=O) groups is 2. The van der Waals surface area contributed by atoms with E-state index in [1.165, 1.54) is 11.1 Å².